The Morgan fingerprint density at radius 3 is 2.53 bits per heavy atom. The highest BCUT2D eigenvalue weighted by Crippen LogP contribution is 2.40. The van der Waals surface area contributed by atoms with Crippen LogP contribution in [0.5, 0.6) is 5.75 Å². The van der Waals surface area contributed by atoms with Gasteiger partial charge in [-0.2, -0.15) is 0 Å². The second-order valence-corrected chi connectivity index (χ2v) is 4.47. The van der Waals surface area contributed by atoms with E-state index in [9.17, 15) is 13.6 Å². The molecule has 0 saturated carbocycles. The van der Waals surface area contributed by atoms with E-state index in [-0.39, 0.29) is 17.7 Å². The average molecular weight is 273 g/mol. The predicted molar refractivity (Wildman–Crippen MR) is 66.5 cm³/mol. The molecule has 0 aliphatic rings. The Bertz CT molecular complexity index is 484. The molecule has 1 aromatic carbocycles. The number of rotatable bonds is 5. The highest BCUT2D eigenvalue weighted by molar-refractivity contribution is 5.68. The van der Waals surface area contributed by atoms with E-state index in [1.807, 2.05) is 0 Å². The zero-order chi connectivity index (χ0) is 14.8. The summed E-state index contributed by atoms with van der Waals surface area (Å²) in [6.07, 6.45) is -0.351. The number of methoxy groups -OCH3 is 1. The van der Waals surface area contributed by atoms with E-state index in [1.54, 1.807) is 6.92 Å². The molecule has 4 nitrogen and oxygen atoms in total. The van der Waals surface area contributed by atoms with E-state index in [4.69, 9.17) is 15.6 Å². The quantitative estimate of drug-likeness (QED) is 0.864. The Hall–Kier alpha value is -1.69. The third-order valence-electron chi connectivity index (χ3n) is 2.86. The molecular formula is C13H17F2NO3. The van der Waals surface area contributed by atoms with Gasteiger partial charge < -0.3 is 15.6 Å². The standard InChI is InChI=1S/C13H17F2NO3/c1-7-4-5-8(13(2,14)15)12(19-3)11(7)9(16)6-10(17)18/h4-5,9H,6,16H2,1-3H3,(H,17,18). The lowest BCUT2D eigenvalue weighted by molar-refractivity contribution is -0.137. The first-order valence-electron chi connectivity index (χ1n) is 5.71. The van der Waals surface area contributed by atoms with Gasteiger partial charge in [-0.1, -0.05) is 6.07 Å². The summed E-state index contributed by atoms with van der Waals surface area (Å²) in [7, 11) is 1.26. The van der Waals surface area contributed by atoms with Crippen molar-refractivity contribution in [1.82, 2.24) is 0 Å². The number of alkyl halides is 2. The van der Waals surface area contributed by atoms with Crippen LogP contribution in [0.1, 0.15) is 36.1 Å². The molecule has 0 radical (unpaired) electrons. The largest absolute Gasteiger partial charge is 0.496 e. The van der Waals surface area contributed by atoms with Gasteiger partial charge in [0, 0.05) is 18.5 Å². The third kappa shape index (κ3) is 3.41. The van der Waals surface area contributed by atoms with E-state index in [1.165, 1.54) is 19.2 Å². The molecule has 0 spiro atoms. The lowest BCUT2D eigenvalue weighted by Gasteiger charge is -2.22. The van der Waals surface area contributed by atoms with Gasteiger partial charge >= 0.3 is 5.97 Å². The summed E-state index contributed by atoms with van der Waals surface area (Å²) in [4.78, 5) is 10.7. The number of halogens is 2. The minimum absolute atomic E-state index is 0.0405. The van der Waals surface area contributed by atoms with Crippen molar-refractivity contribution in [2.75, 3.05) is 7.11 Å². The van der Waals surface area contributed by atoms with Crippen LogP contribution in [0.2, 0.25) is 0 Å². The average Bonchev–Trinajstić information content (AvgIpc) is 2.25. The highest BCUT2D eigenvalue weighted by atomic mass is 19.3. The van der Waals surface area contributed by atoms with Crippen LogP contribution in [-0.2, 0) is 10.7 Å². The van der Waals surface area contributed by atoms with E-state index in [0.717, 1.165) is 6.92 Å². The fraction of sp³-hybridized carbons (Fsp3) is 0.462. The van der Waals surface area contributed by atoms with E-state index < -0.39 is 17.9 Å². The maximum Gasteiger partial charge on any atom is 0.305 e. The molecular weight excluding hydrogens is 256 g/mol. The maximum absolute atomic E-state index is 13.5. The topological polar surface area (TPSA) is 72.5 Å². The van der Waals surface area contributed by atoms with Gasteiger partial charge in [-0.25, -0.2) is 8.78 Å². The molecule has 0 aromatic heterocycles. The number of hydrogen-bond donors (Lipinski definition) is 2. The minimum Gasteiger partial charge on any atom is -0.496 e. The number of aryl methyl sites for hydroxylation is 1. The molecule has 106 valence electrons. The Morgan fingerprint density at radius 1 is 1.53 bits per heavy atom. The van der Waals surface area contributed by atoms with Gasteiger partial charge in [0.05, 0.1) is 19.1 Å². The summed E-state index contributed by atoms with van der Waals surface area (Å²) in [5.74, 6) is -4.22. The molecule has 0 saturated heterocycles. The number of ether oxygens (including phenoxy) is 1. The summed E-state index contributed by atoms with van der Waals surface area (Å²) in [6, 6.07) is 1.87. The van der Waals surface area contributed by atoms with Crippen molar-refractivity contribution in [2.24, 2.45) is 5.73 Å². The molecule has 1 aromatic rings. The minimum atomic E-state index is -3.09. The van der Waals surface area contributed by atoms with Crippen molar-refractivity contribution in [3.8, 4) is 5.75 Å². The van der Waals surface area contributed by atoms with Crippen molar-refractivity contribution in [3.63, 3.8) is 0 Å². The van der Waals surface area contributed by atoms with Crippen LogP contribution in [-0.4, -0.2) is 18.2 Å². The summed E-state index contributed by atoms with van der Waals surface area (Å²) in [5, 5.41) is 8.76. The number of carboxylic acids is 1. The summed E-state index contributed by atoms with van der Waals surface area (Å²) < 4.78 is 32.0. The molecule has 1 rings (SSSR count). The lowest BCUT2D eigenvalue weighted by atomic mass is 9.93. The van der Waals surface area contributed by atoms with Crippen LogP contribution in [0.4, 0.5) is 8.78 Å². The molecule has 1 atom stereocenters. The molecule has 19 heavy (non-hydrogen) atoms. The van der Waals surface area contributed by atoms with Gasteiger partial charge in [0.25, 0.3) is 5.92 Å². The van der Waals surface area contributed by atoms with Crippen molar-refractivity contribution in [2.45, 2.75) is 32.2 Å². The van der Waals surface area contributed by atoms with Crippen LogP contribution in [0.25, 0.3) is 0 Å². The molecule has 3 N–H and O–H groups in total. The van der Waals surface area contributed by atoms with Crippen molar-refractivity contribution >= 4 is 5.97 Å². The first kappa shape index (κ1) is 15.4. The van der Waals surface area contributed by atoms with E-state index >= 15 is 0 Å². The number of benzene rings is 1. The summed E-state index contributed by atoms with van der Waals surface area (Å²) in [6.45, 7) is 2.43. The maximum atomic E-state index is 13.5. The normalized spacial score (nSPS) is 13.2. The zero-order valence-corrected chi connectivity index (χ0v) is 11.0. The fourth-order valence-electron chi connectivity index (χ4n) is 2.01. The van der Waals surface area contributed by atoms with Crippen molar-refractivity contribution in [1.29, 1.82) is 0 Å². The Kier molecular flexibility index (Phi) is 4.47. The van der Waals surface area contributed by atoms with E-state index in [2.05, 4.69) is 0 Å². The van der Waals surface area contributed by atoms with Crippen LogP contribution in [0, 0.1) is 6.92 Å². The molecule has 0 bridgehead atoms. The van der Waals surface area contributed by atoms with E-state index in [0.29, 0.717) is 11.1 Å². The molecule has 1 unspecified atom stereocenters. The molecule has 6 heteroatoms. The van der Waals surface area contributed by atoms with Gasteiger partial charge in [-0.15, -0.1) is 0 Å². The van der Waals surface area contributed by atoms with Crippen LogP contribution < -0.4 is 10.5 Å². The first-order valence-corrected chi connectivity index (χ1v) is 5.71. The predicted octanol–water partition coefficient (Wildman–Crippen LogP) is 2.59. The number of nitrogens with two attached hydrogens (primary N) is 1. The SMILES string of the molecule is COc1c(C(C)(F)F)ccc(C)c1C(N)CC(=O)O. The number of aliphatic carboxylic acids is 1. The van der Waals surface area contributed by atoms with Gasteiger partial charge in [0.2, 0.25) is 0 Å². The van der Waals surface area contributed by atoms with Crippen molar-refractivity contribution in [3.05, 3.63) is 28.8 Å². The van der Waals surface area contributed by atoms with Crippen molar-refractivity contribution < 1.29 is 23.4 Å². The van der Waals surface area contributed by atoms with Crippen LogP contribution in [0.15, 0.2) is 12.1 Å². The number of hydrogen-bond acceptors (Lipinski definition) is 3. The first-order chi connectivity index (χ1) is 8.68. The Morgan fingerprint density at radius 2 is 2.11 bits per heavy atom. The summed E-state index contributed by atoms with van der Waals surface area (Å²) >= 11 is 0. The smallest absolute Gasteiger partial charge is 0.305 e. The fourth-order valence-corrected chi connectivity index (χ4v) is 2.01. The molecule has 0 aliphatic heterocycles. The third-order valence-corrected chi connectivity index (χ3v) is 2.86. The second-order valence-electron chi connectivity index (χ2n) is 4.47. The molecule has 0 aliphatic carbocycles. The van der Waals surface area contributed by atoms with Gasteiger partial charge in [-0.3, -0.25) is 4.79 Å². The molecule has 0 heterocycles. The van der Waals surface area contributed by atoms with Crippen LogP contribution in [0.3, 0.4) is 0 Å². The number of carboxylic acid groups (broad SMARTS) is 1. The highest BCUT2D eigenvalue weighted by Gasteiger charge is 2.32. The second kappa shape index (κ2) is 5.52. The monoisotopic (exact) mass is 273 g/mol. The summed E-state index contributed by atoms with van der Waals surface area (Å²) in [5.41, 5.74) is 6.42. The number of carbonyl (C=O) groups is 1. The van der Waals surface area contributed by atoms with Gasteiger partial charge in [0.1, 0.15) is 5.75 Å². The van der Waals surface area contributed by atoms with Gasteiger partial charge in [-0.05, 0) is 18.6 Å². The zero-order valence-electron chi connectivity index (χ0n) is 11.0. The molecule has 0 amide bonds. The lowest BCUT2D eigenvalue weighted by Crippen LogP contribution is -2.19. The Balaban J connectivity index is 3.41. The van der Waals surface area contributed by atoms with Gasteiger partial charge in [0.15, 0.2) is 0 Å². The van der Waals surface area contributed by atoms with Crippen LogP contribution >= 0.6 is 0 Å². The molecule has 0 fully saturated rings. The Labute approximate surface area is 110 Å².